The highest BCUT2D eigenvalue weighted by atomic mass is 19.4. The van der Waals surface area contributed by atoms with Gasteiger partial charge in [-0.2, -0.15) is 13.2 Å². The number of urea groups is 1. The van der Waals surface area contributed by atoms with Gasteiger partial charge in [-0.25, -0.2) is 14.8 Å². The van der Waals surface area contributed by atoms with Crippen molar-refractivity contribution in [3.05, 3.63) is 36.4 Å². The number of rotatable bonds is 3. The number of alkyl halides is 3. The van der Waals surface area contributed by atoms with Crippen molar-refractivity contribution >= 4 is 29.3 Å². The fourth-order valence-electron chi connectivity index (χ4n) is 3.48. The summed E-state index contributed by atoms with van der Waals surface area (Å²) in [6.07, 6.45) is 0.405. The van der Waals surface area contributed by atoms with Gasteiger partial charge in [-0.1, -0.05) is 0 Å². The zero-order chi connectivity index (χ0) is 21.5. The van der Waals surface area contributed by atoms with Crippen LogP contribution < -0.4 is 20.4 Å². The molecule has 1 fully saturated rings. The molecule has 0 aromatic carbocycles. The molecule has 30 heavy (non-hydrogen) atoms. The van der Waals surface area contributed by atoms with E-state index in [2.05, 4.69) is 20.3 Å². The van der Waals surface area contributed by atoms with Crippen LogP contribution >= 0.6 is 0 Å². The smallest absolute Gasteiger partial charge is 0.366 e. The summed E-state index contributed by atoms with van der Waals surface area (Å²) in [6, 6.07) is 0.235. The Kier molecular flexibility index (Phi) is 4.92. The lowest BCUT2D eigenvalue weighted by Crippen LogP contribution is -2.49. The van der Waals surface area contributed by atoms with Gasteiger partial charge in [-0.3, -0.25) is 20.0 Å². The molecule has 0 spiro atoms. The SMILES string of the molecule is C[C@@H](NC(=O)c1ccc2c(n1)N(C(=O)Nc1cnccn1)C1CCN2C1)C(F)(F)F. The Morgan fingerprint density at radius 1 is 1.27 bits per heavy atom. The molecule has 158 valence electrons. The van der Waals surface area contributed by atoms with E-state index in [4.69, 9.17) is 0 Å². The van der Waals surface area contributed by atoms with Crippen molar-refractivity contribution in [1.82, 2.24) is 20.3 Å². The van der Waals surface area contributed by atoms with Crippen LogP contribution in [0.15, 0.2) is 30.7 Å². The largest absolute Gasteiger partial charge is 0.408 e. The maximum Gasteiger partial charge on any atom is 0.408 e. The monoisotopic (exact) mass is 421 g/mol. The number of hydrogen-bond acceptors (Lipinski definition) is 6. The van der Waals surface area contributed by atoms with E-state index in [9.17, 15) is 22.8 Å². The fourth-order valence-corrected chi connectivity index (χ4v) is 3.48. The first-order valence-electron chi connectivity index (χ1n) is 9.24. The Balaban J connectivity index is 1.63. The molecule has 4 rings (SSSR count). The maximum atomic E-state index is 12.9. The van der Waals surface area contributed by atoms with Gasteiger partial charge in [-0.05, 0) is 25.5 Å². The van der Waals surface area contributed by atoms with Gasteiger partial charge in [0.2, 0.25) is 0 Å². The van der Waals surface area contributed by atoms with Crippen molar-refractivity contribution in [1.29, 1.82) is 0 Å². The fraction of sp³-hybridized carbons (Fsp3) is 0.389. The summed E-state index contributed by atoms with van der Waals surface area (Å²) in [5.41, 5.74) is 0.433. The lowest BCUT2D eigenvalue weighted by Gasteiger charge is -2.35. The lowest BCUT2D eigenvalue weighted by atomic mass is 10.1. The zero-order valence-electron chi connectivity index (χ0n) is 15.8. The van der Waals surface area contributed by atoms with E-state index in [1.807, 2.05) is 10.2 Å². The number of carbonyl (C=O) groups excluding carboxylic acids is 2. The highest BCUT2D eigenvalue weighted by Gasteiger charge is 2.41. The van der Waals surface area contributed by atoms with Crippen LogP contribution in [0.5, 0.6) is 0 Å². The number of hydrogen-bond donors (Lipinski definition) is 2. The number of fused-ring (bicyclic) bond motifs is 4. The molecule has 2 N–H and O–H groups in total. The van der Waals surface area contributed by atoms with Crippen LogP contribution in [0.1, 0.15) is 23.8 Å². The molecule has 1 unspecified atom stereocenters. The minimum atomic E-state index is -4.57. The number of pyridine rings is 1. The summed E-state index contributed by atoms with van der Waals surface area (Å²) in [6.45, 7) is 2.15. The molecule has 2 aliphatic rings. The van der Waals surface area contributed by atoms with Crippen LogP contribution in [0.25, 0.3) is 0 Å². The van der Waals surface area contributed by atoms with Crippen molar-refractivity contribution in [2.75, 3.05) is 28.2 Å². The number of carbonyl (C=O) groups is 2. The lowest BCUT2D eigenvalue weighted by molar-refractivity contribution is -0.149. The summed E-state index contributed by atoms with van der Waals surface area (Å²) < 4.78 is 38.3. The Hall–Kier alpha value is -3.44. The number of nitrogens with zero attached hydrogens (tertiary/aromatic N) is 5. The van der Waals surface area contributed by atoms with Gasteiger partial charge in [0.15, 0.2) is 11.6 Å². The van der Waals surface area contributed by atoms with Gasteiger partial charge in [0.05, 0.1) is 17.9 Å². The third-order valence-electron chi connectivity index (χ3n) is 5.04. The molecule has 0 aliphatic carbocycles. The Labute approximate surface area is 169 Å². The highest BCUT2D eigenvalue weighted by molar-refractivity contribution is 6.04. The van der Waals surface area contributed by atoms with Crippen molar-refractivity contribution in [2.45, 2.75) is 31.6 Å². The van der Waals surface area contributed by atoms with Crippen LogP contribution in [0.4, 0.5) is 35.3 Å². The average Bonchev–Trinajstić information content (AvgIpc) is 3.12. The van der Waals surface area contributed by atoms with E-state index >= 15 is 0 Å². The molecule has 0 saturated carbocycles. The van der Waals surface area contributed by atoms with Gasteiger partial charge in [0, 0.05) is 25.5 Å². The van der Waals surface area contributed by atoms with Gasteiger partial charge < -0.3 is 10.2 Å². The predicted molar refractivity (Wildman–Crippen MR) is 101 cm³/mol. The molecule has 12 heteroatoms. The standard InChI is InChI=1S/C18H18F3N7O2/c1-10(18(19,20)21)24-16(29)12-2-3-13-15(25-12)28(11-4-7-27(13)9-11)17(30)26-14-8-22-5-6-23-14/h2-3,5-6,8,10-11H,4,7,9H2,1H3,(H,24,29)(H,23,26,30)/t10-,11?/m1/s1. The second-order valence-corrected chi connectivity index (χ2v) is 7.06. The molecular formula is C18H18F3N7O2. The number of aromatic nitrogens is 3. The highest BCUT2D eigenvalue weighted by Crippen LogP contribution is 2.39. The molecule has 0 radical (unpaired) electrons. The molecule has 2 aromatic heterocycles. The van der Waals surface area contributed by atoms with Crippen LogP contribution in [0.2, 0.25) is 0 Å². The summed E-state index contributed by atoms with van der Waals surface area (Å²) in [5, 5.41) is 4.53. The average molecular weight is 421 g/mol. The van der Waals surface area contributed by atoms with E-state index in [0.717, 1.165) is 6.92 Å². The Morgan fingerprint density at radius 2 is 2.07 bits per heavy atom. The van der Waals surface area contributed by atoms with E-state index in [-0.39, 0.29) is 23.4 Å². The molecule has 3 amide bonds. The first-order valence-corrected chi connectivity index (χ1v) is 9.24. The molecule has 4 heterocycles. The van der Waals surface area contributed by atoms with Gasteiger partial charge in [0.1, 0.15) is 11.7 Å². The third kappa shape index (κ3) is 3.72. The third-order valence-corrected chi connectivity index (χ3v) is 5.04. The molecule has 9 nitrogen and oxygen atoms in total. The van der Waals surface area contributed by atoms with E-state index < -0.39 is 24.2 Å². The minimum Gasteiger partial charge on any atom is -0.366 e. The minimum absolute atomic E-state index is 0.186. The van der Waals surface area contributed by atoms with Crippen LogP contribution in [0.3, 0.4) is 0 Å². The maximum absolute atomic E-state index is 12.9. The number of nitrogens with one attached hydrogen (secondary N) is 2. The normalized spacial score (nSPS) is 18.6. The zero-order valence-corrected chi connectivity index (χ0v) is 15.8. The second kappa shape index (κ2) is 7.43. The van der Waals surface area contributed by atoms with Crippen molar-refractivity contribution in [3.8, 4) is 0 Å². The number of amides is 3. The van der Waals surface area contributed by atoms with Crippen LogP contribution in [-0.4, -0.2) is 58.2 Å². The molecular weight excluding hydrogens is 403 g/mol. The van der Waals surface area contributed by atoms with Crippen molar-refractivity contribution in [3.63, 3.8) is 0 Å². The second-order valence-electron chi connectivity index (χ2n) is 7.06. The summed E-state index contributed by atoms with van der Waals surface area (Å²) in [7, 11) is 0. The predicted octanol–water partition coefficient (Wildman–Crippen LogP) is 2.18. The quantitative estimate of drug-likeness (QED) is 0.788. The van der Waals surface area contributed by atoms with E-state index in [1.165, 1.54) is 29.6 Å². The van der Waals surface area contributed by atoms with E-state index in [1.54, 1.807) is 6.07 Å². The Morgan fingerprint density at radius 3 is 2.77 bits per heavy atom. The van der Waals surface area contributed by atoms with Gasteiger partial charge in [0.25, 0.3) is 5.91 Å². The topological polar surface area (TPSA) is 103 Å². The summed E-state index contributed by atoms with van der Waals surface area (Å²) >= 11 is 0. The molecule has 1 saturated heterocycles. The van der Waals surface area contributed by atoms with Crippen LogP contribution in [-0.2, 0) is 0 Å². The van der Waals surface area contributed by atoms with Crippen molar-refractivity contribution in [2.24, 2.45) is 0 Å². The molecule has 2 aliphatic heterocycles. The molecule has 2 aromatic rings. The number of halogens is 3. The van der Waals surface area contributed by atoms with Crippen molar-refractivity contribution < 1.29 is 22.8 Å². The molecule has 2 atom stereocenters. The van der Waals surface area contributed by atoms with E-state index in [0.29, 0.717) is 25.2 Å². The van der Waals surface area contributed by atoms with Gasteiger partial charge in [-0.15, -0.1) is 0 Å². The number of anilines is 3. The van der Waals surface area contributed by atoms with Crippen LogP contribution in [0, 0.1) is 0 Å². The Bertz CT molecular complexity index is 970. The summed E-state index contributed by atoms with van der Waals surface area (Å²) in [5.74, 6) is -0.500. The van der Waals surface area contributed by atoms with Gasteiger partial charge >= 0.3 is 12.2 Å². The first-order chi connectivity index (χ1) is 14.2. The first kappa shape index (κ1) is 19.9. The molecule has 2 bridgehead atoms. The summed E-state index contributed by atoms with van der Waals surface area (Å²) in [4.78, 5) is 40.9.